The molecule has 3 rings (SSSR count). The quantitative estimate of drug-likeness (QED) is 0.791. The fraction of sp³-hybridized carbons (Fsp3) is 0.444. The Bertz CT molecular complexity index is 797. The Hall–Kier alpha value is -2.03. The third-order valence-corrected chi connectivity index (χ3v) is 5.96. The Labute approximate surface area is 154 Å². The number of methoxy groups -OCH3 is 1. The molecule has 0 aliphatic carbocycles. The van der Waals surface area contributed by atoms with Crippen LogP contribution < -0.4 is 9.46 Å². The first-order valence-corrected chi connectivity index (χ1v) is 10.2. The highest BCUT2D eigenvalue weighted by Gasteiger charge is 2.23. The summed E-state index contributed by atoms with van der Waals surface area (Å²) in [6.45, 7) is 2.95. The van der Waals surface area contributed by atoms with Gasteiger partial charge in [-0.1, -0.05) is 0 Å². The smallest absolute Gasteiger partial charge is 0.240 e. The first-order chi connectivity index (χ1) is 12.6. The highest BCUT2D eigenvalue weighted by molar-refractivity contribution is 7.89. The molecule has 0 spiro atoms. The second kappa shape index (κ2) is 8.57. The molecule has 2 heterocycles. The van der Waals surface area contributed by atoms with Crippen LogP contribution in [0.3, 0.4) is 0 Å². The molecule has 0 saturated carbocycles. The van der Waals surface area contributed by atoms with Gasteiger partial charge >= 0.3 is 0 Å². The molecule has 8 heteroatoms. The number of nitrogens with one attached hydrogen (secondary N) is 1. The van der Waals surface area contributed by atoms with Crippen molar-refractivity contribution in [2.75, 3.05) is 26.7 Å². The molecule has 1 fully saturated rings. The topological polar surface area (TPSA) is 84.4 Å². The van der Waals surface area contributed by atoms with E-state index in [0.717, 1.165) is 31.8 Å². The van der Waals surface area contributed by atoms with Gasteiger partial charge in [0, 0.05) is 25.5 Å². The maximum atomic E-state index is 12.5. The van der Waals surface area contributed by atoms with Crippen LogP contribution in [-0.4, -0.2) is 50.0 Å². The van der Waals surface area contributed by atoms with Crippen LogP contribution in [0.2, 0.25) is 0 Å². The fourth-order valence-corrected chi connectivity index (χ4v) is 4.26. The zero-order chi connectivity index (χ0) is 18.4. The largest absolute Gasteiger partial charge is 0.497 e. The Balaban J connectivity index is 1.54. The molecule has 0 radical (unpaired) electrons. The highest BCUT2D eigenvalue weighted by Crippen LogP contribution is 2.19. The summed E-state index contributed by atoms with van der Waals surface area (Å²) in [6, 6.07) is 8.21. The van der Waals surface area contributed by atoms with E-state index in [4.69, 9.17) is 4.74 Å². The molecule has 1 aliphatic heterocycles. The summed E-state index contributed by atoms with van der Waals surface area (Å²) in [5.41, 5.74) is 0. The van der Waals surface area contributed by atoms with E-state index in [1.165, 1.54) is 0 Å². The molecule has 1 saturated heterocycles. The van der Waals surface area contributed by atoms with Crippen LogP contribution >= 0.6 is 0 Å². The van der Waals surface area contributed by atoms with E-state index >= 15 is 0 Å². The molecule has 1 aliphatic rings. The van der Waals surface area contributed by atoms with Gasteiger partial charge in [-0.2, -0.15) is 0 Å². The van der Waals surface area contributed by atoms with E-state index in [-0.39, 0.29) is 10.8 Å². The van der Waals surface area contributed by atoms with Crippen LogP contribution in [0.1, 0.15) is 18.7 Å². The van der Waals surface area contributed by atoms with Crippen LogP contribution in [0.25, 0.3) is 0 Å². The Morgan fingerprint density at radius 2 is 1.96 bits per heavy atom. The summed E-state index contributed by atoms with van der Waals surface area (Å²) in [5, 5.41) is 0. The van der Waals surface area contributed by atoms with Crippen LogP contribution in [0.5, 0.6) is 5.75 Å². The average molecular weight is 376 g/mol. The van der Waals surface area contributed by atoms with E-state index in [2.05, 4.69) is 19.6 Å². The summed E-state index contributed by atoms with van der Waals surface area (Å²) in [7, 11) is -1.96. The van der Waals surface area contributed by atoms with E-state index in [0.29, 0.717) is 18.8 Å². The first kappa shape index (κ1) is 18.8. The number of nitrogens with zero attached hydrogens (tertiary/aromatic N) is 3. The van der Waals surface area contributed by atoms with Crippen molar-refractivity contribution in [2.24, 2.45) is 5.92 Å². The molecular formula is C18H24N4O3S. The number of hydrogen-bond donors (Lipinski definition) is 1. The van der Waals surface area contributed by atoms with Gasteiger partial charge in [0.25, 0.3) is 0 Å². The lowest BCUT2D eigenvalue weighted by atomic mass is 9.98. The van der Waals surface area contributed by atoms with Gasteiger partial charge in [-0.15, -0.1) is 0 Å². The first-order valence-electron chi connectivity index (χ1n) is 8.69. The second-order valence-electron chi connectivity index (χ2n) is 6.44. The van der Waals surface area contributed by atoms with Gasteiger partial charge in [0.2, 0.25) is 10.0 Å². The van der Waals surface area contributed by atoms with Crippen molar-refractivity contribution in [1.29, 1.82) is 0 Å². The molecule has 0 amide bonds. The third kappa shape index (κ3) is 5.00. The van der Waals surface area contributed by atoms with Crippen molar-refractivity contribution >= 4 is 10.0 Å². The van der Waals surface area contributed by atoms with Crippen LogP contribution in [0, 0.1) is 5.92 Å². The Morgan fingerprint density at radius 3 is 2.65 bits per heavy atom. The molecule has 2 aromatic rings. The fourth-order valence-electron chi connectivity index (χ4n) is 3.14. The van der Waals surface area contributed by atoms with Gasteiger partial charge in [-0.25, -0.2) is 23.1 Å². The van der Waals surface area contributed by atoms with Crippen LogP contribution in [-0.2, 0) is 16.6 Å². The van der Waals surface area contributed by atoms with Gasteiger partial charge < -0.3 is 4.74 Å². The van der Waals surface area contributed by atoms with Crippen molar-refractivity contribution < 1.29 is 13.2 Å². The number of ether oxygens (including phenoxy) is 1. The number of sulfonamides is 1. The van der Waals surface area contributed by atoms with Crippen molar-refractivity contribution in [1.82, 2.24) is 19.6 Å². The van der Waals surface area contributed by atoms with Crippen molar-refractivity contribution in [2.45, 2.75) is 24.3 Å². The van der Waals surface area contributed by atoms with Crippen LogP contribution in [0.15, 0.2) is 47.6 Å². The van der Waals surface area contributed by atoms with Gasteiger partial charge in [0.15, 0.2) is 0 Å². The molecule has 1 atom stereocenters. The van der Waals surface area contributed by atoms with E-state index in [1.807, 2.05) is 0 Å². The van der Waals surface area contributed by atoms with Crippen molar-refractivity contribution in [3.63, 3.8) is 0 Å². The van der Waals surface area contributed by atoms with E-state index in [9.17, 15) is 8.42 Å². The second-order valence-corrected chi connectivity index (χ2v) is 8.20. The summed E-state index contributed by atoms with van der Waals surface area (Å²) in [4.78, 5) is 11.1. The monoisotopic (exact) mass is 376 g/mol. The minimum atomic E-state index is -3.51. The van der Waals surface area contributed by atoms with Gasteiger partial charge in [-0.05, 0) is 55.6 Å². The molecule has 1 N–H and O–H groups in total. The molecule has 1 aromatic heterocycles. The summed E-state index contributed by atoms with van der Waals surface area (Å²) in [5.74, 6) is 1.71. The SMILES string of the molecule is COc1ccc(S(=O)(=O)NC[C@H]2CCCN(Cc3ncccn3)C2)cc1. The summed E-state index contributed by atoms with van der Waals surface area (Å²) in [6.07, 6.45) is 5.54. The maximum absolute atomic E-state index is 12.5. The average Bonchev–Trinajstić information content (AvgIpc) is 2.68. The van der Waals surface area contributed by atoms with Crippen molar-refractivity contribution in [3.8, 4) is 5.75 Å². The van der Waals surface area contributed by atoms with E-state index < -0.39 is 10.0 Å². The normalized spacial score (nSPS) is 18.6. The lowest BCUT2D eigenvalue weighted by Crippen LogP contribution is -2.40. The number of hydrogen-bond acceptors (Lipinski definition) is 6. The number of rotatable bonds is 7. The number of likely N-dealkylation sites (tertiary alicyclic amines) is 1. The third-order valence-electron chi connectivity index (χ3n) is 4.52. The minimum absolute atomic E-state index is 0.253. The lowest BCUT2D eigenvalue weighted by molar-refractivity contribution is 0.165. The number of aromatic nitrogens is 2. The predicted octanol–water partition coefficient (Wildman–Crippen LogP) is 1.68. The summed E-state index contributed by atoms with van der Waals surface area (Å²) >= 11 is 0. The minimum Gasteiger partial charge on any atom is -0.497 e. The maximum Gasteiger partial charge on any atom is 0.240 e. The Kier molecular flexibility index (Phi) is 6.18. The molecule has 26 heavy (non-hydrogen) atoms. The number of benzene rings is 1. The van der Waals surface area contributed by atoms with Crippen molar-refractivity contribution in [3.05, 3.63) is 48.5 Å². The van der Waals surface area contributed by atoms with Crippen LogP contribution in [0.4, 0.5) is 0 Å². The number of piperidine rings is 1. The zero-order valence-corrected chi connectivity index (χ0v) is 15.7. The molecule has 140 valence electrons. The zero-order valence-electron chi connectivity index (χ0n) is 14.8. The summed E-state index contributed by atoms with van der Waals surface area (Å²) < 4.78 is 32.7. The molecular weight excluding hydrogens is 352 g/mol. The van der Waals surface area contributed by atoms with Gasteiger partial charge in [0.05, 0.1) is 18.6 Å². The standard InChI is InChI=1S/C18H24N4O3S/c1-25-16-5-7-17(8-6-16)26(23,24)21-12-15-4-2-11-22(13-15)14-18-19-9-3-10-20-18/h3,5-10,15,21H,2,4,11-14H2,1H3/t15-/m1/s1. The van der Waals surface area contributed by atoms with Gasteiger partial charge in [-0.3, -0.25) is 4.90 Å². The van der Waals surface area contributed by atoms with Gasteiger partial charge in [0.1, 0.15) is 11.6 Å². The molecule has 1 aromatic carbocycles. The highest BCUT2D eigenvalue weighted by atomic mass is 32.2. The molecule has 7 nitrogen and oxygen atoms in total. The molecule has 0 bridgehead atoms. The molecule has 0 unspecified atom stereocenters. The predicted molar refractivity (Wildman–Crippen MR) is 98.2 cm³/mol. The Morgan fingerprint density at radius 1 is 1.23 bits per heavy atom. The lowest BCUT2D eigenvalue weighted by Gasteiger charge is -2.32. The van der Waals surface area contributed by atoms with E-state index in [1.54, 1.807) is 49.8 Å².